The van der Waals surface area contributed by atoms with Crippen molar-refractivity contribution in [1.29, 1.82) is 0 Å². The van der Waals surface area contributed by atoms with E-state index in [-0.39, 0.29) is 0 Å². The normalized spacial score (nSPS) is 18.8. The molecule has 0 spiro atoms. The minimum Gasteiger partial charge on any atom is -0.315 e. The van der Waals surface area contributed by atoms with Gasteiger partial charge in [-0.2, -0.15) is 0 Å². The first-order chi connectivity index (χ1) is 10.2. The highest BCUT2D eigenvalue weighted by Crippen LogP contribution is 2.28. The number of aromatic nitrogens is 1. The lowest BCUT2D eigenvalue weighted by atomic mass is 10.1. The van der Waals surface area contributed by atoms with Crippen molar-refractivity contribution in [1.82, 2.24) is 15.2 Å². The van der Waals surface area contributed by atoms with Crippen LogP contribution in [-0.4, -0.2) is 35.6 Å². The molecule has 0 aliphatic carbocycles. The lowest BCUT2D eigenvalue weighted by Crippen LogP contribution is -2.36. The van der Waals surface area contributed by atoms with Crippen LogP contribution < -0.4 is 5.32 Å². The Morgan fingerprint density at radius 3 is 2.90 bits per heavy atom. The van der Waals surface area contributed by atoms with Crippen LogP contribution in [0.5, 0.6) is 0 Å². The molecular weight excluding hydrogens is 282 g/mol. The molecule has 3 nitrogen and oxygen atoms in total. The van der Waals surface area contributed by atoms with E-state index >= 15 is 0 Å². The number of nitrogens with one attached hydrogen (secondary N) is 1. The van der Waals surface area contributed by atoms with Gasteiger partial charge in [-0.3, -0.25) is 4.90 Å². The van der Waals surface area contributed by atoms with Crippen molar-refractivity contribution < 1.29 is 0 Å². The SMILES string of the molecule is CCN(Cc1nc2ccccc2c(C)c1Cl)C1CCNC1. The number of rotatable bonds is 4. The number of pyridine rings is 1. The van der Waals surface area contributed by atoms with Gasteiger partial charge in [-0.1, -0.05) is 36.7 Å². The fraction of sp³-hybridized carbons (Fsp3) is 0.471. The van der Waals surface area contributed by atoms with Gasteiger partial charge in [0, 0.05) is 24.5 Å². The maximum atomic E-state index is 6.58. The summed E-state index contributed by atoms with van der Waals surface area (Å²) in [6, 6.07) is 8.82. The quantitative estimate of drug-likeness (QED) is 0.938. The lowest BCUT2D eigenvalue weighted by Gasteiger charge is -2.27. The summed E-state index contributed by atoms with van der Waals surface area (Å²) in [5.41, 5.74) is 3.18. The second-order valence-corrected chi connectivity index (χ2v) is 6.10. The topological polar surface area (TPSA) is 28.2 Å². The second-order valence-electron chi connectivity index (χ2n) is 5.72. The van der Waals surface area contributed by atoms with Gasteiger partial charge >= 0.3 is 0 Å². The Bertz CT molecular complexity index is 635. The van der Waals surface area contributed by atoms with E-state index in [1.54, 1.807) is 0 Å². The minimum absolute atomic E-state index is 0.597. The Morgan fingerprint density at radius 1 is 1.38 bits per heavy atom. The van der Waals surface area contributed by atoms with Gasteiger partial charge in [-0.25, -0.2) is 4.98 Å². The number of benzene rings is 1. The van der Waals surface area contributed by atoms with Gasteiger partial charge in [-0.05, 0) is 38.1 Å². The number of halogens is 1. The molecule has 3 rings (SSSR count). The van der Waals surface area contributed by atoms with Crippen LogP contribution >= 0.6 is 11.6 Å². The predicted molar refractivity (Wildman–Crippen MR) is 88.8 cm³/mol. The van der Waals surface area contributed by atoms with Crippen LogP contribution in [0.2, 0.25) is 5.02 Å². The fourth-order valence-corrected chi connectivity index (χ4v) is 3.37. The predicted octanol–water partition coefficient (Wildman–Crippen LogP) is 3.38. The van der Waals surface area contributed by atoms with E-state index in [2.05, 4.69) is 36.2 Å². The molecule has 2 aromatic rings. The molecule has 2 heterocycles. The van der Waals surface area contributed by atoms with Crippen LogP contribution in [0.15, 0.2) is 24.3 Å². The number of hydrogen-bond acceptors (Lipinski definition) is 3. The summed E-state index contributed by atoms with van der Waals surface area (Å²) in [6.45, 7) is 8.32. The molecule has 1 atom stereocenters. The zero-order valence-corrected chi connectivity index (χ0v) is 13.5. The highest BCUT2D eigenvalue weighted by Gasteiger charge is 2.22. The van der Waals surface area contributed by atoms with Gasteiger partial charge in [0.15, 0.2) is 0 Å². The van der Waals surface area contributed by atoms with Crippen LogP contribution in [0.1, 0.15) is 24.6 Å². The Kier molecular flexibility index (Phi) is 4.43. The van der Waals surface area contributed by atoms with Crippen molar-refractivity contribution in [2.24, 2.45) is 0 Å². The first-order valence-electron chi connectivity index (χ1n) is 7.69. The van der Waals surface area contributed by atoms with E-state index in [0.717, 1.165) is 53.4 Å². The van der Waals surface area contributed by atoms with Crippen LogP contribution in [0.3, 0.4) is 0 Å². The maximum Gasteiger partial charge on any atom is 0.0740 e. The molecule has 1 aromatic carbocycles. The molecule has 1 aliphatic rings. The summed E-state index contributed by atoms with van der Waals surface area (Å²) in [6.07, 6.45) is 1.21. The van der Waals surface area contributed by atoms with Gasteiger partial charge in [0.05, 0.1) is 16.2 Å². The molecule has 0 bridgehead atoms. The molecule has 0 amide bonds. The molecule has 1 N–H and O–H groups in total. The summed E-state index contributed by atoms with van der Waals surface area (Å²) in [4.78, 5) is 7.28. The van der Waals surface area contributed by atoms with Crippen molar-refractivity contribution in [2.45, 2.75) is 32.9 Å². The van der Waals surface area contributed by atoms with Gasteiger partial charge < -0.3 is 5.32 Å². The lowest BCUT2D eigenvalue weighted by molar-refractivity contribution is 0.208. The third kappa shape index (κ3) is 2.91. The molecule has 1 saturated heterocycles. The van der Waals surface area contributed by atoms with Gasteiger partial charge in [0.25, 0.3) is 0 Å². The van der Waals surface area contributed by atoms with Gasteiger partial charge in [-0.15, -0.1) is 0 Å². The number of nitrogens with zero attached hydrogens (tertiary/aromatic N) is 2. The summed E-state index contributed by atoms with van der Waals surface area (Å²) in [5.74, 6) is 0. The molecule has 1 unspecified atom stereocenters. The molecular formula is C17H22ClN3. The molecule has 1 aromatic heterocycles. The monoisotopic (exact) mass is 303 g/mol. The van der Waals surface area contributed by atoms with Crippen LogP contribution in [0.4, 0.5) is 0 Å². The zero-order valence-electron chi connectivity index (χ0n) is 12.7. The summed E-state index contributed by atoms with van der Waals surface area (Å²) in [7, 11) is 0. The molecule has 0 radical (unpaired) electrons. The molecule has 1 fully saturated rings. The van der Waals surface area contributed by atoms with E-state index < -0.39 is 0 Å². The van der Waals surface area contributed by atoms with E-state index in [1.165, 1.54) is 6.42 Å². The molecule has 112 valence electrons. The van der Waals surface area contributed by atoms with Crippen LogP contribution in [0.25, 0.3) is 10.9 Å². The first-order valence-corrected chi connectivity index (χ1v) is 8.07. The molecule has 4 heteroatoms. The summed E-state index contributed by atoms with van der Waals surface area (Å²) in [5, 5.41) is 5.40. The Labute approximate surface area is 131 Å². The fourth-order valence-electron chi connectivity index (χ4n) is 3.16. The summed E-state index contributed by atoms with van der Waals surface area (Å²) < 4.78 is 0. The highest BCUT2D eigenvalue weighted by atomic mass is 35.5. The Hall–Kier alpha value is -1.16. The van der Waals surface area contributed by atoms with E-state index in [1.807, 2.05) is 12.1 Å². The maximum absolute atomic E-state index is 6.58. The van der Waals surface area contributed by atoms with Crippen molar-refractivity contribution >= 4 is 22.5 Å². The third-order valence-electron chi connectivity index (χ3n) is 4.46. The van der Waals surface area contributed by atoms with E-state index in [9.17, 15) is 0 Å². The second kappa shape index (κ2) is 6.30. The van der Waals surface area contributed by atoms with Crippen molar-refractivity contribution in [3.63, 3.8) is 0 Å². The van der Waals surface area contributed by atoms with Crippen molar-refractivity contribution in [3.05, 3.63) is 40.5 Å². The highest BCUT2D eigenvalue weighted by molar-refractivity contribution is 6.32. The Morgan fingerprint density at radius 2 is 2.19 bits per heavy atom. The molecule has 0 saturated carbocycles. The van der Waals surface area contributed by atoms with Crippen LogP contribution in [0, 0.1) is 6.92 Å². The number of likely N-dealkylation sites (N-methyl/N-ethyl adjacent to an activating group) is 1. The van der Waals surface area contributed by atoms with E-state index in [0.29, 0.717) is 6.04 Å². The van der Waals surface area contributed by atoms with Crippen LogP contribution in [-0.2, 0) is 6.54 Å². The number of hydrogen-bond donors (Lipinski definition) is 1. The van der Waals surface area contributed by atoms with Gasteiger partial charge in [0.2, 0.25) is 0 Å². The number of aryl methyl sites for hydroxylation is 1. The smallest absolute Gasteiger partial charge is 0.0740 e. The first kappa shape index (κ1) is 14.8. The third-order valence-corrected chi connectivity index (χ3v) is 4.96. The van der Waals surface area contributed by atoms with E-state index in [4.69, 9.17) is 16.6 Å². The number of para-hydroxylation sites is 1. The van der Waals surface area contributed by atoms with Gasteiger partial charge in [0.1, 0.15) is 0 Å². The number of fused-ring (bicyclic) bond motifs is 1. The minimum atomic E-state index is 0.597. The molecule has 1 aliphatic heterocycles. The van der Waals surface area contributed by atoms with Crippen molar-refractivity contribution in [3.8, 4) is 0 Å². The Balaban J connectivity index is 1.94. The summed E-state index contributed by atoms with van der Waals surface area (Å²) >= 11 is 6.58. The molecule has 21 heavy (non-hydrogen) atoms. The largest absolute Gasteiger partial charge is 0.315 e. The van der Waals surface area contributed by atoms with Crippen molar-refractivity contribution in [2.75, 3.05) is 19.6 Å². The average Bonchev–Trinajstić information content (AvgIpc) is 3.03. The zero-order chi connectivity index (χ0) is 14.8. The average molecular weight is 304 g/mol. The standard InChI is InChI=1S/C17H22ClN3/c1-3-21(13-8-9-19-10-13)11-16-17(18)12(2)14-6-4-5-7-15(14)20-16/h4-7,13,19H,3,8-11H2,1-2H3.